The number of aliphatic hydroxyl groups is 1. The van der Waals surface area contributed by atoms with Gasteiger partial charge >= 0.3 is 0 Å². The van der Waals surface area contributed by atoms with Crippen molar-refractivity contribution in [2.75, 3.05) is 6.61 Å². The Hall–Kier alpha value is -2.84. The maximum absolute atomic E-state index is 12.8. The minimum absolute atomic E-state index is 0.0131. The summed E-state index contributed by atoms with van der Waals surface area (Å²) in [5.74, 6) is 1.66. The largest absolute Gasteiger partial charge is 0.461 e. The van der Waals surface area contributed by atoms with Gasteiger partial charge < -0.3 is 14.0 Å². The zero-order chi connectivity index (χ0) is 18.6. The van der Waals surface area contributed by atoms with E-state index in [1.165, 1.54) is 11.8 Å². The number of aliphatic hydroxyl groups excluding tert-OH is 1. The zero-order valence-corrected chi connectivity index (χ0v) is 15.2. The number of benzene rings is 1. The van der Waals surface area contributed by atoms with Crippen molar-refractivity contribution in [1.82, 2.24) is 14.7 Å². The standard InChI is InChI=1S/C19H17N3O4S/c23-9-4-8-22-18(24)14-5-1-2-6-15(14)20-19(22)27-12-13-11-17(26-21-13)16-7-3-10-25-16/h1-3,5-7,10-11,23H,4,8-9,12H2. The Kier molecular flexibility index (Phi) is 5.08. The fraction of sp³-hybridized carbons (Fsp3) is 0.211. The van der Waals surface area contributed by atoms with E-state index in [2.05, 4.69) is 10.1 Å². The predicted octanol–water partition coefficient (Wildman–Crippen LogP) is 3.32. The van der Waals surface area contributed by atoms with Crippen LogP contribution in [0.2, 0.25) is 0 Å². The third kappa shape index (κ3) is 3.67. The second-order valence-corrected chi connectivity index (χ2v) is 6.84. The average molecular weight is 383 g/mol. The van der Waals surface area contributed by atoms with Crippen LogP contribution >= 0.6 is 11.8 Å². The first-order valence-electron chi connectivity index (χ1n) is 8.49. The van der Waals surface area contributed by atoms with E-state index in [1.807, 2.05) is 24.3 Å². The SMILES string of the molecule is O=c1c2ccccc2nc(SCc2cc(-c3ccco3)on2)n1CCCO. The van der Waals surface area contributed by atoms with Crippen molar-refractivity contribution < 1.29 is 14.0 Å². The van der Waals surface area contributed by atoms with E-state index < -0.39 is 0 Å². The van der Waals surface area contributed by atoms with Crippen molar-refractivity contribution in [2.24, 2.45) is 0 Å². The van der Waals surface area contributed by atoms with Gasteiger partial charge in [-0.1, -0.05) is 29.1 Å². The van der Waals surface area contributed by atoms with Gasteiger partial charge in [-0.2, -0.15) is 0 Å². The maximum atomic E-state index is 12.8. The van der Waals surface area contributed by atoms with Crippen molar-refractivity contribution in [2.45, 2.75) is 23.9 Å². The first kappa shape index (κ1) is 17.6. The van der Waals surface area contributed by atoms with E-state index in [4.69, 9.17) is 14.0 Å². The molecule has 27 heavy (non-hydrogen) atoms. The van der Waals surface area contributed by atoms with Crippen LogP contribution in [0.15, 0.2) is 67.6 Å². The third-order valence-electron chi connectivity index (χ3n) is 4.04. The summed E-state index contributed by atoms with van der Waals surface area (Å²) >= 11 is 1.41. The molecule has 0 aliphatic rings. The number of hydrogen-bond donors (Lipinski definition) is 1. The van der Waals surface area contributed by atoms with Gasteiger partial charge in [-0.3, -0.25) is 9.36 Å². The molecule has 3 heterocycles. The molecular formula is C19H17N3O4S. The summed E-state index contributed by atoms with van der Waals surface area (Å²) in [5.41, 5.74) is 1.28. The summed E-state index contributed by atoms with van der Waals surface area (Å²) in [6, 6.07) is 12.7. The highest BCUT2D eigenvalue weighted by Gasteiger charge is 2.14. The first-order chi connectivity index (χ1) is 13.3. The molecule has 0 bridgehead atoms. The van der Waals surface area contributed by atoms with Gasteiger partial charge in [0.15, 0.2) is 10.9 Å². The lowest BCUT2D eigenvalue weighted by Gasteiger charge is -2.12. The lowest BCUT2D eigenvalue weighted by molar-refractivity contribution is 0.276. The fourth-order valence-corrected chi connectivity index (χ4v) is 3.64. The van der Waals surface area contributed by atoms with E-state index in [0.717, 1.165) is 5.69 Å². The third-order valence-corrected chi connectivity index (χ3v) is 5.05. The molecule has 0 atom stereocenters. The minimum Gasteiger partial charge on any atom is -0.461 e. The number of rotatable bonds is 7. The monoisotopic (exact) mass is 383 g/mol. The van der Waals surface area contributed by atoms with E-state index in [0.29, 0.717) is 46.3 Å². The highest BCUT2D eigenvalue weighted by molar-refractivity contribution is 7.98. The molecule has 0 unspecified atom stereocenters. The van der Waals surface area contributed by atoms with E-state index in [1.54, 1.807) is 29.0 Å². The number of thioether (sulfide) groups is 1. The molecule has 0 aliphatic carbocycles. The molecule has 8 heteroatoms. The highest BCUT2D eigenvalue weighted by Crippen LogP contribution is 2.25. The molecule has 0 radical (unpaired) electrons. The van der Waals surface area contributed by atoms with Crippen LogP contribution in [0.3, 0.4) is 0 Å². The molecule has 3 aromatic heterocycles. The number of para-hydroxylation sites is 1. The summed E-state index contributed by atoms with van der Waals surface area (Å²) in [6.45, 7) is 0.422. The smallest absolute Gasteiger partial charge is 0.262 e. The molecule has 138 valence electrons. The second kappa shape index (κ2) is 7.81. The maximum Gasteiger partial charge on any atom is 0.262 e. The Balaban J connectivity index is 1.61. The van der Waals surface area contributed by atoms with Gasteiger partial charge in [-0.05, 0) is 30.7 Å². The zero-order valence-electron chi connectivity index (χ0n) is 14.4. The molecule has 1 aromatic carbocycles. The predicted molar refractivity (Wildman–Crippen MR) is 101 cm³/mol. The molecule has 7 nitrogen and oxygen atoms in total. The summed E-state index contributed by atoms with van der Waals surface area (Å²) in [6.07, 6.45) is 2.06. The molecule has 0 aliphatic heterocycles. The molecule has 0 fully saturated rings. The van der Waals surface area contributed by atoms with Gasteiger partial charge in [0.1, 0.15) is 0 Å². The topological polar surface area (TPSA) is 94.3 Å². The summed E-state index contributed by atoms with van der Waals surface area (Å²) in [4.78, 5) is 17.4. The molecule has 0 spiro atoms. The normalized spacial score (nSPS) is 11.3. The molecule has 0 saturated heterocycles. The lowest BCUT2D eigenvalue weighted by Crippen LogP contribution is -2.24. The van der Waals surface area contributed by atoms with Crippen LogP contribution in [0, 0.1) is 0 Å². The molecule has 0 amide bonds. The Labute approximate surface area is 158 Å². The van der Waals surface area contributed by atoms with Crippen LogP contribution in [0.25, 0.3) is 22.4 Å². The lowest BCUT2D eigenvalue weighted by atomic mass is 10.2. The Morgan fingerprint density at radius 2 is 2.04 bits per heavy atom. The van der Waals surface area contributed by atoms with E-state index >= 15 is 0 Å². The van der Waals surface area contributed by atoms with Crippen molar-refractivity contribution in [3.05, 3.63) is 64.8 Å². The summed E-state index contributed by atoms with van der Waals surface area (Å²) in [7, 11) is 0. The fourth-order valence-electron chi connectivity index (χ4n) is 2.74. The first-order valence-corrected chi connectivity index (χ1v) is 9.47. The number of hydrogen-bond acceptors (Lipinski definition) is 7. The van der Waals surface area contributed by atoms with Crippen LogP contribution in [0.1, 0.15) is 12.1 Å². The van der Waals surface area contributed by atoms with Gasteiger partial charge in [0.05, 0.1) is 22.9 Å². The molecular weight excluding hydrogens is 366 g/mol. The minimum atomic E-state index is -0.104. The van der Waals surface area contributed by atoms with Crippen LogP contribution in [0.5, 0.6) is 0 Å². The quantitative estimate of drug-likeness (QED) is 0.386. The van der Waals surface area contributed by atoms with Gasteiger partial charge in [0.25, 0.3) is 5.56 Å². The number of fused-ring (bicyclic) bond motifs is 1. The van der Waals surface area contributed by atoms with Crippen molar-refractivity contribution >= 4 is 22.7 Å². The van der Waals surface area contributed by atoms with E-state index in [9.17, 15) is 4.79 Å². The van der Waals surface area contributed by atoms with Crippen molar-refractivity contribution in [3.63, 3.8) is 0 Å². The molecule has 0 saturated carbocycles. The number of aromatic nitrogens is 3. The van der Waals surface area contributed by atoms with Crippen molar-refractivity contribution in [3.8, 4) is 11.5 Å². The summed E-state index contributed by atoms with van der Waals surface area (Å²) < 4.78 is 12.2. The van der Waals surface area contributed by atoms with Crippen molar-refractivity contribution in [1.29, 1.82) is 0 Å². The Morgan fingerprint density at radius 1 is 1.15 bits per heavy atom. The molecule has 4 aromatic rings. The average Bonchev–Trinajstić information content (AvgIpc) is 3.37. The van der Waals surface area contributed by atoms with Crippen LogP contribution in [-0.4, -0.2) is 26.4 Å². The highest BCUT2D eigenvalue weighted by atomic mass is 32.2. The van der Waals surface area contributed by atoms with E-state index in [-0.39, 0.29) is 12.2 Å². The van der Waals surface area contributed by atoms with Gasteiger partial charge in [-0.25, -0.2) is 4.98 Å². The van der Waals surface area contributed by atoms with Crippen LogP contribution in [-0.2, 0) is 12.3 Å². The van der Waals surface area contributed by atoms with Gasteiger partial charge in [0, 0.05) is 25.0 Å². The van der Waals surface area contributed by atoms with Gasteiger partial charge in [-0.15, -0.1) is 0 Å². The van der Waals surface area contributed by atoms with Crippen LogP contribution in [0.4, 0.5) is 0 Å². The number of furan rings is 1. The summed E-state index contributed by atoms with van der Waals surface area (Å²) in [5, 5.41) is 14.4. The number of nitrogens with zero attached hydrogens (tertiary/aromatic N) is 3. The Bertz CT molecular complexity index is 1100. The van der Waals surface area contributed by atoms with Crippen LogP contribution < -0.4 is 5.56 Å². The van der Waals surface area contributed by atoms with Gasteiger partial charge in [0.2, 0.25) is 5.76 Å². The molecule has 1 N–H and O–H groups in total. The molecule has 4 rings (SSSR count). The Morgan fingerprint density at radius 3 is 2.85 bits per heavy atom. The second-order valence-electron chi connectivity index (χ2n) is 5.89.